The molecule has 0 saturated carbocycles. The molecule has 0 bridgehead atoms. The molecule has 0 saturated heterocycles. The largest absolute Gasteiger partial charge is 0.452 e. The molecule has 0 spiro atoms. The van der Waals surface area contributed by atoms with Crippen molar-refractivity contribution in [2.45, 2.75) is 24.5 Å². The van der Waals surface area contributed by atoms with Gasteiger partial charge in [0.05, 0.1) is 34.6 Å². The monoisotopic (exact) mass is 507 g/mol. The number of nitrogens with zero attached hydrogens (tertiary/aromatic N) is 3. The summed E-state index contributed by atoms with van der Waals surface area (Å²) in [5, 5.41) is 0.493. The number of ether oxygens (including phenoxy) is 1. The van der Waals surface area contributed by atoms with Crippen LogP contribution in [0, 0.1) is 0 Å². The highest BCUT2D eigenvalue weighted by Crippen LogP contribution is 2.28. The lowest BCUT2D eigenvalue weighted by Crippen LogP contribution is -2.30. The highest BCUT2D eigenvalue weighted by Gasteiger charge is 2.27. The van der Waals surface area contributed by atoms with Gasteiger partial charge < -0.3 is 4.74 Å². The van der Waals surface area contributed by atoms with Crippen LogP contribution in [-0.4, -0.2) is 24.4 Å². The number of carbonyl (C=O) groups is 1. The smallest absolute Gasteiger partial charge is 0.338 e. The normalized spacial score (nSPS) is 12.1. The molecule has 0 N–H and O–H groups in total. The number of hydrogen-bond acceptors (Lipinski definition) is 6. The molecule has 4 rings (SSSR count). The third-order valence-electron chi connectivity index (χ3n) is 5.22. The molecule has 4 aromatic rings. The number of carbonyl (C=O) groups excluding carboxylic acids is 1. The molecular weight excluding hydrogens is 486 g/mol. The molecule has 0 aliphatic heterocycles. The standard InChI is InChI=1S/C26H22ClN3O4S/c1-19(25-17-28-14-15-29-25)34-26(31)21-8-5-9-24(16-21)35(32,33)30(18-20-6-3-2-4-7-20)23-12-10-22(27)11-13-23/h2-17,19H,18H2,1H3. The molecule has 0 aliphatic carbocycles. The molecule has 1 aromatic heterocycles. The van der Waals surface area contributed by atoms with E-state index in [1.165, 1.54) is 47.2 Å². The summed E-state index contributed by atoms with van der Waals surface area (Å²) in [6.45, 7) is 1.77. The molecule has 1 heterocycles. The Labute approximate surface area is 209 Å². The summed E-state index contributed by atoms with van der Waals surface area (Å²) in [4.78, 5) is 20.9. The Morgan fingerprint density at radius 2 is 1.74 bits per heavy atom. The maximum absolute atomic E-state index is 13.8. The van der Waals surface area contributed by atoms with Crippen molar-refractivity contribution < 1.29 is 17.9 Å². The van der Waals surface area contributed by atoms with Gasteiger partial charge in [-0.15, -0.1) is 0 Å². The quantitative estimate of drug-likeness (QED) is 0.295. The number of hydrogen-bond donors (Lipinski definition) is 0. The summed E-state index contributed by atoms with van der Waals surface area (Å²) in [7, 11) is -4.04. The molecule has 0 fully saturated rings. The lowest BCUT2D eigenvalue weighted by Gasteiger charge is -2.25. The minimum Gasteiger partial charge on any atom is -0.452 e. The van der Waals surface area contributed by atoms with Gasteiger partial charge in [0.25, 0.3) is 10.0 Å². The Morgan fingerprint density at radius 1 is 1.00 bits per heavy atom. The van der Waals surface area contributed by atoms with Crippen molar-refractivity contribution in [2.75, 3.05) is 4.31 Å². The molecular formula is C26H22ClN3O4S. The second-order valence-corrected chi connectivity index (χ2v) is 9.98. The second-order valence-electron chi connectivity index (χ2n) is 7.68. The van der Waals surface area contributed by atoms with E-state index in [4.69, 9.17) is 16.3 Å². The van der Waals surface area contributed by atoms with Crippen LogP contribution < -0.4 is 4.31 Å². The number of halogens is 1. The van der Waals surface area contributed by atoms with E-state index in [0.29, 0.717) is 16.4 Å². The number of esters is 1. The number of benzene rings is 3. The van der Waals surface area contributed by atoms with Gasteiger partial charge in [0.1, 0.15) is 6.10 Å². The minimum absolute atomic E-state index is 0.0370. The van der Waals surface area contributed by atoms with Gasteiger partial charge in [-0.3, -0.25) is 14.3 Å². The second kappa shape index (κ2) is 10.7. The zero-order chi connectivity index (χ0) is 24.8. The zero-order valence-electron chi connectivity index (χ0n) is 18.8. The summed E-state index contributed by atoms with van der Waals surface area (Å²) < 4.78 is 34.3. The van der Waals surface area contributed by atoms with Gasteiger partial charge in [-0.2, -0.15) is 0 Å². The molecule has 0 radical (unpaired) electrons. The fourth-order valence-corrected chi connectivity index (χ4v) is 5.02. The number of sulfonamides is 1. The summed E-state index contributed by atoms with van der Waals surface area (Å²) in [6.07, 6.45) is 3.88. The van der Waals surface area contributed by atoms with Crippen molar-refractivity contribution in [3.05, 3.63) is 119 Å². The van der Waals surface area contributed by atoms with Crippen LogP contribution in [0.1, 0.15) is 34.6 Å². The summed E-state index contributed by atoms with van der Waals surface area (Å²) in [5.74, 6) is -0.665. The van der Waals surface area contributed by atoms with Crippen molar-refractivity contribution in [3.63, 3.8) is 0 Å². The van der Waals surface area contributed by atoms with Crippen molar-refractivity contribution in [2.24, 2.45) is 0 Å². The first-order chi connectivity index (χ1) is 16.8. The van der Waals surface area contributed by atoms with Crippen LogP contribution in [0.2, 0.25) is 5.02 Å². The Kier molecular flexibility index (Phi) is 7.43. The summed E-state index contributed by atoms with van der Waals surface area (Å²) >= 11 is 6.02. The van der Waals surface area contributed by atoms with Crippen LogP contribution in [0.3, 0.4) is 0 Å². The minimum atomic E-state index is -4.04. The van der Waals surface area contributed by atoms with Crippen LogP contribution in [0.15, 0.2) is 102 Å². The van der Waals surface area contributed by atoms with Crippen LogP contribution in [0.4, 0.5) is 5.69 Å². The van der Waals surface area contributed by atoms with Crippen LogP contribution in [-0.2, 0) is 21.3 Å². The highest BCUT2D eigenvalue weighted by atomic mass is 35.5. The van der Waals surface area contributed by atoms with E-state index in [-0.39, 0.29) is 17.0 Å². The fraction of sp³-hybridized carbons (Fsp3) is 0.115. The maximum Gasteiger partial charge on any atom is 0.338 e. The van der Waals surface area contributed by atoms with Gasteiger partial charge in [0.2, 0.25) is 0 Å². The van der Waals surface area contributed by atoms with E-state index in [1.807, 2.05) is 30.3 Å². The van der Waals surface area contributed by atoms with Crippen molar-refractivity contribution in [3.8, 4) is 0 Å². The van der Waals surface area contributed by atoms with E-state index in [1.54, 1.807) is 31.2 Å². The first kappa shape index (κ1) is 24.4. The van der Waals surface area contributed by atoms with Gasteiger partial charge in [0, 0.05) is 17.4 Å². The Bertz CT molecular complexity index is 1400. The van der Waals surface area contributed by atoms with Crippen molar-refractivity contribution >= 4 is 33.3 Å². The number of rotatable bonds is 8. The van der Waals surface area contributed by atoms with Crippen LogP contribution in [0.25, 0.3) is 0 Å². The third-order valence-corrected chi connectivity index (χ3v) is 7.25. The average molecular weight is 508 g/mol. The number of anilines is 1. The SMILES string of the molecule is CC(OC(=O)c1cccc(S(=O)(=O)N(Cc2ccccc2)c2ccc(Cl)cc2)c1)c1cnccn1. The van der Waals surface area contributed by atoms with Gasteiger partial charge in [-0.25, -0.2) is 13.2 Å². The van der Waals surface area contributed by atoms with Gasteiger partial charge in [0.15, 0.2) is 0 Å². The molecule has 35 heavy (non-hydrogen) atoms. The lowest BCUT2D eigenvalue weighted by atomic mass is 10.2. The topological polar surface area (TPSA) is 89.5 Å². The maximum atomic E-state index is 13.8. The Hall–Kier alpha value is -3.75. The third kappa shape index (κ3) is 5.85. The molecule has 178 valence electrons. The molecule has 3 aromatic carbocycles. The summed E-state index contributed by atoms with van der Waals surface area (Å²) in [5.41, 5.74) is 1.85. The molecule has 1 unspecified atom stereocenters. The lowest BCUT2D eigenvalue weighted by molar-refractivity contribution is 0.0328. The van der Waals surface area contributed by atoms with Crippen LogP contribution >= 0.6 is 11.6 Å². The van der Waals surface area contributed by atoms with Gasteiger partial charge in [-0.05, 0) is 55.0 Å². The Morgan fingerprint density at radius 3 is 2.43 bits per heavy atom. The molecule has 7 nitrogen and oxygen atoms in total. The first-order valence-corrected chi connectivity index (χ1v) is 12.6. The van der Waals surface area contributed by atoms with E-state index in [0.717, 1.165) is 5.56 Å². The molecule has 9 heteroatoms. The zero-order valence-corrected chi connectivity index (χ0v) is 20.4. The summed E-state index contributed by atoms with van der Waals surface area (Å²) in [6, 6.07) is 21.6. The first-order valence-electron chi connectivity index (χ1n) is 10.7. The van der Waals surface area contributed by atoms with E-state index in [9.17, 15) is 13.2 Å². The molecule has 0 amide bonds. The molecule has 0 aliphatic rings. The Balaban J connectivity index is 1.65. The van der Waals surface area contributed by atoms with Crippen molar-refractivity contribution in [1.82, 2.24) is 9.97 Å². The van der Waals surface area contributed by atoms with Gasteiger partial charge in [-0.1, -0.05) is 48.0 Å². The van der Waals surface area contributed by atoms with Gasteiger partial charge >= 0.3 is 5.97 Å². The molecule has 1 atom stereocenters. The average Bonchev–Trinajstić information content (AvgIpc) is 2.89. The highest BCUT2D eigenvalue weighted by molar-refractivity contribution is 7.92. The predicted molar refractivity (Wildman–Crippen MR) is 134 cm³/mol. The number of aromatic nitrogens is 2. The van der Waals surface area contributed by atoms with Crippen molar-refractivity contribution in [1.29, 1.82) is 0 Å². The fourth-order valence-electron chi connectivity index (χ4n) is 3.39. The van der Waals surface area contributed by atoms with E-state index >= 15 is 0 Å². The van der Waals surface area contributed by atoms with E-state index < -0.39 is 22.1 Å². The van der Waals surface area contributed by atoms with E-state index in [2.05, 4.69) is 9.97 Å². The predicted octanol–water partition coefficient (Wildman–Crippen LogP) is 5.44. The van der Waals surface area contributed by atoms with Crippen LogP contribution in [0.5, 0.6) is 0 Å².